The second-order valence-electron chi connectivity index (χ2n) is 7.50. The lowest BCUT2D eigenvalue weighted by Crippen LogP contribution is -2.28. The number of hydrogen-bond donors (Lipinski definition) is 1. The van der Waals surface area contributed by atoms with Gasteiger partial charge in [0.15, 0.2) is 0 Å². The van der Waals surface area contributed by atoms with Crippen molar-refractivity contribution in [3.63, 3.8) is 0 Å². The molecule has 2 N–H and O–H groups in total. The molecule has 1 aromatic carbocycles. The zero-order valence-corrected chi connectivity index (χ0v) is 16.5. The minimum atomic E-state index is -0.481. The summed E-state index contributed by atoms with van der Waals surface area (Å²) in [6.07, 6.45) is 3.11. The van der Waals surface area contributed by atoms with Gasteiger partial charge in [0.25, 0.3) is 5.56 Å². The number of hydrogen-bond acceptors (Lipinski definition) is 4. The van der Waals surface area contributed by atoms with Crippen LogP contribution < -0.4 is 11.3 Å². The van der Waals surface area contributed by atoms with E-state index in [2.05, 4.69) is 6.92 Å². The topological polar surface area (TPSA) is 78.0 Å². The summed E-state index contributed by atoms with van der Waals surface area (Å²) in [7, 11) is 0. The predicted molar refractivity (Wildman–Crippen MR) is 108 cm³/mol. The van der Waals surface area contributed by atoms with Gasteiger partial charge in [-0.05, 0) is 42.4 Å². The van der Waals surface area contributed by atoms with Crippen molar-refractivity contribution in [2.45, 2.75) is 45.6 Å². The first kappa shape index (κ1) is 18.8. The van der Waals surface area contributed by atoms with Crippen LogP contribution in [-0.2, 0) is 30.6 Å². The van der Waals surface area contributed by atoms with Gasteiger partial charge in [-0.15, -0.1) is 11.3 Å². The zero-order chi connectivity index (χ0) is 19.8. The van der Waals surface area contributed by atoms with E-state index in [9.17, 15) is 14.0 Å². The molecule has 0 radical (unpaired) electrons. The van der Waals surface area contributed by atoms with Gasteiger partial charge in [0.1, 0.15) is 16.5 Å². The number of thiophene rings is 1. The van der Waals surface area contributed by atoms with Crippen LogP contribution in [0.3, 0.4) is 0 Å². The van der Waals surface area contributed by atoms with Crippen LogP contribution >= 0.6 is 11.3 Å². The molecular weight excluding hydrogens is 377 g/mol. The molecule has 0 fully saturated rings. The normalized spacial score (nSPS) is 16.3. The van der Waals surface area contributed by atoms with E-state index in [1.54, 1.807) is 29.5 Å². The molecule has 1 aliphatic rings. The number of nitrogens with zero attached hydrogens (tertiary/aromatic N) is 2. The highest BCUT2D eigenvalue weighted by Crippen LogP contribution is 2.36. The molecule has 3 aromatic rings. The summed E-state index contributed by atoms with van der Waals surface area (Å²) < 4.78 is 15.7. The van der Waals surface area contributed by atoms with Crippen molar-refractivity contribution in [3.05, 3.63) is 62.3 Å². The first-order valence-corrected chi connectivity index (χ1v) is 10.3. The summed E-state index contributed by atoms with van der Waals surface area (Å²) in [5.74, 6) is 0.244. The first-order valence-electron chi connectivity index (χ1n) is 9.49. The minimum absolute atomic E-state index is 0.0424. The van der Waals surface area contributed by atoms with Gasteiger partial charge in [-0.2, -0.15) is 0 Å². The molecular formula is C21H22FN3O2S. The van der Waals surface area contributed by atoms with E-state index in [1.807, 2.05) is 0 Å². The predicted octanol–water partition coefficient (Wildman–Crippen LogP) is 3.19. The molecule has 1 atom stereocenters. The molecule has 1 unspecified atom stereocenters. The summed E-state index contributed by atoms with van der Waals surface area (Å²) in [4.78, 5) is 31.3. The summed E-state index contributed by atoms with van der Waals surface area (Å²) in [5.41, 5.74) is 6.72. The molecule has 0 aliphatic heterocycles. The molecule has 5 nitrogen and oxygen atoms in total. The van der Waals surface area contributed by atoms with E-state index in [4.69, 9.17) is 10.7 Å². The number of carbonyl (C=O) groups excluding carboxylic acids is 1. The minimum Gasteiger partial charge on any atom is -0.370 e. The largest absolute Gasteiger partial charge is 0.370 e. The third-order valence-corrected chi connectivity index (χ3v) is 6.53. The number of aryl methyl sites for hydroxylation is 1. The van der Waals surface area contributed by atoms with E-state index < -0.39 is 5.91 Å². The van der Waals surface area contributed by atoms with Gasteiger partial charge >= 0.3 is 0 Å². The number of carbonyl (C=O) groups is 1. The van der Waals surface area contributed by atoms with Crippen LogP contribution in [0, 0.1) is 11.7 Å². The van der Waals surface area contributed by atoms with Crippen molar-refractivity contribution in [1.82, 2.24) is 9.55 Å². The van der Waals surface area contributed by atoms with E-state index >= 15 is 0 Å². The van der Waals surface area contributed by atoms with Crippen LogP contribution in [0.15, 0.2) is 29.1 Å². The van der Waals surface area contributed by atoms with Gasteiger partial charge in [0.05, 0.1) is 5.39 Å². The van der Waals surface area contributed by atoms with Gasteiger partial charge in [0, 0.05) is 24.3 Å². The zero-order valence-electron chi connectivity index (χ0n) is 15.7. The molecule has 28 heavy (non-hydrogen) atoms. The Bertz CT molecular complexity index is 1120. The Morgan fingerprint density at radius 2 is 2.18 bits per heavy atom. The maximum Gasteiger partial charge on any atom is 0.262 e. The average Bonchev–Trinajstić information content (AvgIpc) is 3.00. The van der Waals surface area contributed by atoms with E-state index in [0.29, 0.717) is 27.5 Å². The number of halogens is 1. The Kier molecular flexibility index (Phi) is 5.02. The van der Waals surface area contributed by atoms with Gasteiger partial charge in [-0.1, -0.05) is 25.1 Å². The van der Waals surface area contributed by atoms with Crippen LogP contribution in [0.1, 0.15) is 41.6 Å². The van der Waals surface area contributed by atoms with Gasteiger partial charge in [-0.25, -0.2) is 9.37 Å². The van der Waals surface area contributed by atoms with Crippen molar-refractivity contribution >= 4 is 27.5 Å². The number of fused-ring (bicyclic) bond motifs is 3. The van der Waals surface area contributed by atoms with Crippen LogP contribution in [0.4, 0.5) is 4.39 Å². The quantitative estimate of drug-likeness (QED) is 0.716. The Hall–Kier alpha value is -2.54. The fourth-order valence-electron chi connectivity index (χ4n) is 3.87. The van der Waals surface area contributed by atoms with Crippen molar-refractivity contribution in [1.29, 1.82) is 0 Å². The lowest BCUT2D eigenvalue weighted by Gasteiger charge is -2.18. The number of amides is 1. The fourth-order valence-corrected chi connectivity index (χ4v) is 5.26. The standard InChI is InChI=1S/C21H22FN3O2S/c1-12-6-7-14-16(10-12)28-20-19(14)21(27)25(9-8-17(23)26)18(24-20)11-13-4-2-3-5-15(13)22/h2-5,12H,6-11H2,1H3,(H2,23,26). The summed E-state index contributed by atoms with van der Waals surface area (Å²) >= 11 is 1.57. The average molecular weight is 399 g/mol. The molecule has 2 aromatic heterocycles. The maximum absolute atomic E-state index is 14.2. The molecule has 2 heterocycles. The van der Waals surface area contributed by atoms with Crippen molar-refractivity contribution in [2.24, 2.45) is 11.7 Å². The van der Waals surface area contributed by atoms with Crippen LogP contribution in [0.2, 0.25) is 0 Å². The van der Waals surface area contributed by atoms with E-state index in [1.165, 1.54) is 15.5 Å². The van der Waals surface area contributed by atoms with E-state index in [-0.39, 0.29) is 30.8 Å². The third-order valence-electron chi connectivity index (χ3n) is 5.38. The highest BCUT2D eigenvalue weighted by molar-refractivity contribution is 7.18. The number of rotatable bonds is 5. The maximum atomic E-state index is 14.2. The van der Waals surface area contributed by atoms with Gasteiger partial charge in [0.2, 0.25) is 5.91 Å². The number of primary amides is 1. The smallest absolute Gasteiger partial charge is 0.262 e. The number of benzene rings is 1. The SMILES string of the molecule is CC1CCc2c(sc3nc(Cc4ccccc4F)n(CCC(N)=O)c(=O)c23)C1. The molecule has 7 heteroatoms. The lowest BCUT2D eigenvalue weighted by atomic mass is 9.89. The van der Waals surface area contributed by atoms with E-state index in [0.717, 1.165) is 24.8 Å². The van der Waals surface area contributed by atoms with Crippen molar-refractivity contribution < 1.29 is 9.18 Å². The first-order chi connectivity index (χ1) is 13.4. The summed E-state index contributed by atoms with van der Waals surface area (Å²) in [5, 5.41) is 0.661. The highest BCUT2D eigenvalue weighted by atomic mass is 32.1. The molecule has 1 aliphatic carbocycles. The monoisotopic (exact) mass is 399 g/mol. The summed E-state index contributed by atoms with van der Waals surface area (Å²) in [6.45, 7) is 2.37. The molecule has 0 spiro atoms. The fraction of sp³-hybridized carbons (Fsp3) is 0.381. The van der Waals surface area contributed by atoms with Crippen LogP contribution in [0.25, 0.3) is 10.2 Å². The van der Waals surface area contributed by atoms with Gasteiger partial charge in [-0.3, -0.25) is 14.2 Å². The molecule has 146 valence electrons. The van der Waals surface area contributed by atoms with Crippen molar-refractivity contribution in [2.75, 3.05) is 0 Å². The Balaban J connectivity index is 1.87. The second kappa shape index (κ2) is 7.47. The Morgan fingerprint density at radius 3 is 2.93 bits per heavy atom. The Morgan fingerprint density at radius 1 is 1.39 bits per heavy atom. The summed E-state index contributed by atoms with van der Waals surface area (Å²) in [6, 6.07) is 6.47. The highest BCUT2D eigenvalue weighted by Gasteiger charge is 2.25. The van der Waals surface area contributed by atoms with Crippen LogP contribution in [0.5, 0.6) is 0 Å². The molecule has 0 saturated carbocycles. The molecule has 0 bridgehead atoms. The van der Waals surface area contributed by atoms with Crippen LogP contribution in [-0.4, -0.2) is 15.5 Å². The lowest BCUT2D eigenvalue weighted by molar-refractivity contribution is -0.118. The third kappa shape index (κ3) is 3.46. The number of aromatic nitrogens is 2. The van der Waals surface area contributed by atoms with Gasteiger partial charge < -0.3 is 5.73 Å². The number of nitrogens with two attached hydrogens (primary N) is 1. The van der Waals surface area contributed by atoms with Crippen molar-refractivity contribution in [3.8, 4) is 0 Å². The molecule has 1 amide bonds. The molecule has 4 rings (SSSR count). The molecule has 0 saturated heterocycles. The second-order valence-corrected chi connectivity index (χ2v) is 8.58. The Labute approximate surface area is 166 Å².